The first-order valence-corrected chi connectivity index (χ1v) is 11.1. The van der Waals surface area contributed by atoms with Gasteiger partial charge in [0.15, 0.2) is 10.6 Å². The Kier molecular flexibility index (Phi) is 5.84. The molecule has 0 N–H and O–H groups in total. The molecule has 0 spiro atoms. The second kappa shape index (κ2) is 8.59. The van der Waals surface area contributed by atoms with Crippen LogP contribution in [0.3, 0.4) is 0 Å². The van der Waals surface area contributed by atoms with Crippen LogP contribution in [0.15, 0.2) is 69.6 Å². The Balaban J connectivity index is 1.89. The number of anilines is 1. The molecule has 6 nitrogen and oxygen atoms in total. The monoisotopic (exact) mass is 447 g/mol. The molecule has 164 valence electrons. The maximum absolute atomic E-state index is 13.5. The minimum absolute atomic E-state index is 0.0966. The van der Waals surface area contributed by atoms with E-state index in [4.69, 9.17) is 4.74 Å². The fourth-order valence-corrected chi connectivity index (χ4v) is 4.94. The number of aromatic nitrogens is 1. The molecule has 0 amide bonds. The lowest BCUT2D eigenvalue weighted by Crippen LogP contribution is -2.39. The highest BCUT2D eigenvalue weighted by atomic mass is 32.1. The van der Waals surface area contributed by atoms with Gasteiger partial charge in [-0.15, -0.1) is 0 Å². The smallest absolute Gasteiger partial charge is 0.271 e. The number of hydrogen-bond acceptors (Lipinski definition) is 6. The molecule has 1 aromatic heterocycles. The molecule has 2 heterocycles. The van der Waals surface area contributed by atoms with Gasteiger partial charge < -0.3 is 9.64 Å². The number of carbonyl (C=O) groups is 1. The second-order valence-electron chi connectivity index (χ2n) is 7.90. The van der Waals surface area contributed by atoms with E-state index in [0.717, 1.165) is 16.8 Å². The minimum Gasteiger partial charge on any atom is -0.497 e. The first-order chi connectivity index (χ1) is 15.3. The van der Waals surface area contributed by atoms with Crippen LogP contribution in [0.5, 0.6) is 5.75 Å². The molecule has 7 heteroatoms. The van der Waals surface area contributed by atoms with E-state index in [1.807, 2.05) is 80.5 Å². The molecule has 32 heavy (non-hydrogen) atoms. The standard InChI is InChI=1S/C25H25N3O3S/c1-15-22(16(2)29)23(18-8-12-20(31-5)13-9-18)28-24(30)21(32-25(28)26-15)14-17-6-10-19(11-7-17)27(3)4/h6-14,23H,1-5H3. The molecule has 0 bridgehead atoms. The van der Waals surface area contributed by atoms with Crippen molar-refractivity contribution in [2.45, 2.75) is 19.9 Å². The van der Waals surface area contributed by atoms with Gasteiger partial charge in [0.1, 0.15) is 5.75 Å². The SMILES string of the molecule is COc1ccc(C2C(C(C)=O)=C(C)N=c3sc(=Cc4ccc(N(C)C)cc4)c(=O)n32)cc1. The normalized spacial score (nSPS) is 15.9. The Morgan fingerprint density at radius 1 is 1.12 bits per heavy atom. The summed E-state index contributed by atoms with van der Waals surface area (Å²) in [5.74, 6) is 0.619. The van der Waals surface area contributed by atoms with Crippen LogP contribution in [-0.2, 0) is 4.79 Å². The number of rotatable bonds is 5. The number of hydrogen-bond donors (Lipinski definition) is 0. The van der Waals surface area contributed by atoms with Crippen LogP contribution in [-0.4, -0.2) is 31.6 Å². The summed E-state index contributed by atoms with van der Waals surface area (Å²) in [6, 6.07) is 14.9. The van der Waals surface area contributed by atoms with Crippen molar-refractivity contribution in [3.8, 4) is 5.75 Å². The largest absolute Gasteiger partial charge is 0.497 e. The number of methoxy groups -OCH3 is 1. The number of fused-ring (bicyclic) bond motifs is 1. The lowest BCUT2D eigenvalue weighted by Gasteiger charge is -2.24. The van der Waals surface area contributed by atoms with Crippen molar-refractivity contribution in [2.75, 3.05) is 26.1 Å². The third kappa shape index (κ3) is 3.91. The van der Waals surface area contributed by atoms with Gasteiger partial charge in [-0.2, -0.15) is 0 Å². The number of benzene rings is 2. The second-order valence-corrected chi connectivity index (χ2v) is 8.91. The summed E-state index contributed by atoms with van der Waals surface area (Å²) in [6.07, 6.45) is 1.88. The zero-order chi connectivity index (χ0) is 23.0. The molecule has 0 saturated heterocycles. The fraction of sp³-hybridized carbons (Fsp3) is 0.240. The van der Waals surface area contributed by atoms with Crippen molar-refractivity contribution >= 4 is 28.9 Å². The Labute approximate surface area is 190 Å². The van der Waals surface area contributed by atoms with E-state index >= 15 is 0 Å². The van der Waals surface area contributed by atoms with Crippen LogP contribution in [0, 0.1) is 0 Å². The molecule has 0 aliphatic carbocycles. The topological polar surface area (TPSA) is 63.9 Å². The van der Waals surface area contributed by atoms with Crippen LogP contribution >= 0.6 is 11.3 Å². The number of allylic oxidation sites excluding steroid dienone is 2. The molecular weight excluding hydrogens is 422 g/mol. The fourth-order valence-electron chi connectivity index (χ4n) is 3.89. The van der Waals surface area contributed by atoms with Crippen molar-refractivity contribution in [3.63, 3.8) is 0 Å². The van der Waals surface area contributed by atoms with Crippen LogP contribution < -0.4 is 24.5 Å². The predicted octanol–water partition coefficient (Wildman–Crippen LogP) is 2.90. The van der Waals surface area contributed by atoms with Crippen LogP contribution in [0.4, 0.5) is 5.69 Å². The Morgan fingerprint density at radius 2 is 1.78 bits per heavy atom. The van der Waals surface area contributed by atoms with E-state index in [1.54, 1.807) is 11.7 Å². The number of Topliss-reactive ketones (excluding diaryl/α,β-unsaturated/α-hetero) is 1. The highest BCUT2D eigenvalue weighted by Crippen LogP contribution is 2.31. The van der Waals surface area contributed by atoms with E-state index in [-0.39, 0.29) is 11.3 Å². The van der Waals surface area contributed by atoms with E-state index in [0.29, 0.717) is 26.4 Å². The number of ketones is 1. The van der Waals surface area contributed by atoms with Gasteiger partial charge in [0, 0.05) is 31.1 Å². The predicted molar refractivity (Wildman–Crippen MR) is 128 cm³/mol. The Morgan fingerprint density at radius 3 is 2.34 bits per heavy atom. The quantitative estimate of drug-likeness (QED) is 0.603. The molecule has 0 fully saturated rings. The maximum atomic E-state index is 13.5. The average molecular weight is 448 g/mol. The third-order valence-electron chi connectivity index (χ3n) is 5.54. The summed E-state index contributed by atoms with van der Waals surface area (Å²) in [7, 11) is 5.58. The van der Waals surface area contributed by atoms with Gasteiger partial charge in [0.25, 0.3) is 5.56 Å². The van der Waals surface area contributed by atoms with Crippen molar-refractivity contribution in [2.24, 2.45) is 4.99 Å². The number of ether oxygens (including phenoxy) is 1. The molecule has 2 aromatic carbocycles. The molecule has 1 unspecified atom stereocenters. The summed E-state index contributed by atoms with van der Waals surface area (Å²) in [4.78, 5) is 33.3. The van der Waals surface area contributed by atoms with E-state index in [1.165, 1.54) is 18.3 Å². The van der Waals surface area contributed by atoms with Gasteiger partial charge in [-0.3, -0.25) is 14.2 Å². The lowest BCUT2D eigenvalue weighted by molar-refractivity contribution is -0.114. The molecule has 1 aliphatic rings. The van der Waals surface area contributed by atoms with E-state index in [2.05, 4.69) is 4.99 Å². The summed E-state index contributed by atoms with van der Waals surface area (Å²) >= 11 is 1.34. The van der Waals surface area contributed by atoms with Gasteiger partial charge in [0.05, 0.1) is 17.7 Å². The summed E-state index contributed by atoms with van der Waals surface area (Å²) < 4.78 is 7.48. The van der Waals surface area contributed by atoms with Crippen LogP contribution in [0.2, 0.25) is 0 Å². The van der Waals surface area contributed by atoms with Gasteiger partial charge in [-0.05, 0) is 55.3 Å². The zero-order valence-corrected chi connectivity index (χ0v) is 19.6. The number of carbonyl (C=O) groups excluding carboxylic acids is 1. The molecule has 1 aliphatic heterocycles. The molecule has 1 atom stereocenters. The zero-order valence-electron chi connectivity index (χ0n) is 18.7. The van der Waals surface area contributed by atoms with Crippen LogP contribution in [0.25, 0.3) is 6.08 Å². The molecule has 0 radical (unpaired) electrons. The van der Waals surface area contributed by atoms with Crippen molar-refractivity contribution < 1.29 is 9.53 Å². The molecule has 4 rings (SSSR count). The first-order valence-electron chi connectivity index (χ1n) is 10.2. The first kappa shape index (κ1) is 21.8. The highest BCUT2D eigenvalue weighted by Gasteiger charge is 2.30. The molecular formula is C25H25N3O3S. The van der Waals surface area contributed by atoms with Crippen LogP contribution in [0.1, 0.15) is 31.0 Å². The number of nitrogens with zero attached hydrogens (tertiary/aromatic N) is 3. The Bertz CT molecular complexity index is 1380. The van der Waals surface area contributed by atoms with E-state index in [9.17, 15) is 9.59 Å². The van der Waals surface area contributed by atoms with Gasteiger partial charge in [-0.25, -0.2) is 4.99 Å². The Hall–Kier alpha value is -3.45. The van der Waals surface area contributed by atoms with Crippen molar-refractivity contribution in [3.05, 3.63) is 90.6 Å². The van der Waals surface area contributed by atoms with Gasteiger partial charge >= 0.3 is 0 Å². The summed E-state index contributed by atoms with van der Waals surface area (Å²) in [6.45, 7) is 3.34. The molecule has 3 aromatic rings. The average Bonchev–Trinajstić information content (AvgIpc) is 3.07. The number of thiazole rings is 1. The molecule has 0 saturated carbocycles. The maximum Gasteiger partial charge on any atom is 0.271 e. The van der Waals surface area contributed by atoms with Gasteiger partial charge in [-0.1, -0.05) is 35.6 Å². The summed E-state index contributed by atoms with van der Waals surface area (Å²) in [5.41, 5.74) is 3.88. The third-order valence-corrected chi connectivity index (χ3v) is 6.52. The lowest BCUT2D eigenvalue weighted by atomic mass is 9.93. The van der Waals surface area contributed by atoms with Crippen molar-refractivity contribution in [1.29, 1.82) is 0 Å². The van der Waals surface area contributed by atoms with Crippen molar-refractivity contribution in [1.82, 2.24) is 4.57 Å². The van der Waals surface area contributed by atoms with E-state index < -0.39 is 6.04 Å². The summed E-state index contributed by atoms with van der Waals surface area (Å²) in [5, 5.41) is 0. The highest BCUT2D eigenvalue weighted by molar-refractivity contribution is 7.07. The van der Waals surface area contributed by atoms with Gasteiger partial charge in [0.2, 0.25) is 0 Å². The minimum atomic E-state index is -0.520.